The minimum Gasteiger partial charge on any atom is -0.352 e. The number of anilines is 1. The summed E-state index contributed by atoms with van der Waals surface area (Å²) in [6.07, 6.45) is 2.68. The van der Waals surface area contributed by atoms with Gasteiger partial charge in [0, 0.05) is 25.8 Å². The quantitative estimate of drug-likeness (QED) is 0.499. The lowest BCUT2D eigenvalue weighted by molar-refractivity contribution is -0.123. The Morgan fingerprint density at radius 2 is 1.77 bits per heavy atom. The maximum Gasteiger partial charge on any atom is 0.244 e. The first-order valence-electron chi connectivity index (χ1n) is 11.6. The molecule has 0 unspecified atom stereocenters. The van der Waals surface area contributed by atoms with Gasteiger partial charge in [0.1, 0.15) is 22.6 Å². The molecule has 7 nitrogen and oxygen atoms in total. The summed E-state index contributed by atoms with van der Waals surface area (Å²) in [6.45, 7) is 5.33. The van der Waals surface area contributed by atoms with Crippen LogP contribution in [0.5, 0.6) is 0 Å². The van der Waals surface area contributed by atoms with Crippen LogP contribution >= 0.6 is 0 Å². The van der Waals surface area contributed by atoms with E-state index in [0.29, 0.717) is 0 Å². The molecule has 9 heteroatoms. The molecule has 1 atom stereocenters. The highest BCUT2D eigenvalue weighted by Crippen LogP contribution is 2.23. The number of aromatic nitrogens is 1. The number of carbonyl (C=O) groups excluding carboxylic acids is 1. The number of fused-ring (bicyclic) bond motifs is 1. The zero-order valence-electron chi connectivity index (χ0n) is 19.7. The van der Waals surface area contributed by atoms with Crippen LogP contribution in [0.3, 0.4) is 0 Å². The Morgan fingerprint density at radius 1 is 1.06 bits per heavy atom. The smallest absolute Gasteiger partial charge is 0.244 e. The zero-order valence-corrected chi connectivity index (χ0v) is 20.6. The van der Waals surface area contributed by atoms with Gasteiger partial charge in [0.15, 0.2) is 0 Å². The second-order valence-corrected chi connectivity index (χ2v) is 10.6. The van der Waals surface area contributed by atoms with E-state index in [-0.39, 0.29) is 12.5 Å². The molecule has 35 heavy (non-hydrogen) atoms. The van der Waals surface area contributed by atoms with Gasteiger partial charge in [0.2, 0.25) is 15.9 Å². The summed E-state index contributed by atoms with van der Waals surface area (Å²) < 4.78 is 41.7. The Kier molecular flexibility index (Phi) is 7.47. The summed E-state index contributed by atoms with van der Waals surface area (Å²) in [5.41, 5.74) is 3.46. The Balaban J connectivity index is 1.37. The average molecular weight is 497 g/mol. The molecule has 2 N–H and O–H groups in total. The van der Waals surface area contributed by atoms with E-state index in [0.717, 1.165) is 37.0 Å². The van der Waals surface area contributed by atoms with Gasteiger partial charge in [-0.25, -0.2) is 17.8 Å². The second kappa shape index (κ2) is 10.5. The maximum absolute atomic E-state index is 14.0. The highest BCUT2D eigenvalue weighted by atomic mass is 32.2. The standard InChI is InChI=1S/C26H29FN4O3S/c1-18(2)25(30-35(33,34)23-10-6-5-9-22(23)27)26(32)29-16-19-11-12-24(28-15-19)31-14-13-20-7-3-4-8-21(20)17-31/h3-12,15,18,25,30H,13-14,16-17H2,1-2H3,(H,29,32)/t25-/m0/s1. The predicted octanol–water partition coefficient (Wildman–Crippen LogP) is 3.40. The third-order valence-corrected chi connectivity index (χ3v) is 7.56. The number of sulfonamides is 1. The fraction of sp³-hybridized carbons (Fsp3) is 0.308. The van der Waals surface area contributed by atoms with Gasteiger partial charge in [-0.2, -0.15) is 4.72 Å². The van der Waals surface area contributed by atoms with Gasteiger partial charge < -0.3 is 10.2 Å². The van der Waals surface area contributed by atoms with Crippen molar-refractivity contribution in [3.63, 3.8) is 0 Å². The number of rotatable bonds is 8. The molecule has 0 spiro atoms. The van der Waals surface area contributed by atoms with Gasteiger partial charge in [-0.1, -0.05) is 56.3 Å². The van der Waals surface area contributed by atoms with Crippen molar-refractivity contribution in [1.29, 1.82) is 0 Å². The molecule has 1 amide bonds. The second-order valence-electron chi connectivity index (χ2n) is 8.96. The summed E-state index contributed by atoms with van der Waals surface area (Å²) in [5.74, 6) is -0.839. The van der Waals surface area contributed by atoms with E-state index in [9.17, 15) is 17.6 Å². The van der Waals surface area contributed by atoms with Crippen LogP contribution in [-0.4, -0.2) is 31.9 Å². The van der Waals surface area contributed by atoms with E-state index in [4.69, 9.17) is 0 Å². The number of hydrogen-bond acceptors (Lipinski definition) is 5. The lowest BCUT2D eigenvalue weighted by atomic mass is 10.00. The summed E-state index contributed by atoms with van der Waals surface area (Å²) in [5, 5.41) is 2.77. The Morgan fingerprint density at radius 3 is 2.46 bits per heavy atom. The Labute approximate surface area is 205 Å². The lowest BCUT2D eigenvalue weighted by Gasteiger charge is -2.29. The van der Waals surface area contributed by atoms with E-state index in [1.165, 1.54) is 29.3 Å². The number of halogens is 1. The van der Waals surface area contributed by atoms with E-state index in [1.807, 2.05) is 18.2 Å². The van der Waals surface area contributed by atoms with Crippen LogP contribution in [0.15, 0.2) is 71.8 Å². The van der Waals surface area contributed by atoms with Crippen LogP contribution in [0.2, 0.25) is 0 Å². The normalized spacial score (nSPS) is 14.5. The van der Waals surface area contributed by atoms with Crippen molar-refractivity contribution in [2.24, 2.45) is 5.92 Å². The topological polar surface area (TPSA) is 91.4 Å². The Hall–Kier alpha value is -3.30. The first-order chi connectivity index (χ1) is 16.7. The van der Waals surface area contributed by atoms with E-state index in [1.54, 1.807) is 20.0 Å². The van der Waals surface area contributed by atoms with Gasteiger partial charge in [-0.05, 0) is 47.2 Å². The number of hydrogen-bond donors (Lipinski definition) is 2. The fourth-order valence-electron chi connectivity index (χ4n) is 4.08. The minimum absolute atomic E-state index is 0.194. The molecule has 4 rings (SSSR count). The zero-order chi connectivity index (χ0) is 25.0. The third-order valence-electron chi connectivity index (χ3n) is 6.09. The Bertz CT molecular complexity index is 1300. The number of nitrogens with one attached hydrogen (secondary N) is 2. The lowest BCUT2D eigenvalue weighted by Crippen LogP contribution is -2.49. The van der Waals surface area contributed by atoms with Crippen LogP contribution in [0.1, 0.15) is 30.5 Å². The van der Waals surface area contributed by atoms with E-state index >= 15 is 0 Å². The fourth-order valence-corrected chi connectivity index (χ4v) is 5.51. The number of benzene rings is 2. The summed E-state index contributed by atoms with van der Waals surface area (Å²) >= 11 is 0. The molecule has 2 heterocycles. The third kappa shape index (κ3) is 5.86. The summed E-state index contributed by atoms with van der Waals surface area (Å²) in [4.78, 5) is 19.1. The molecule has 0 fully saturated rings. The average Bonchev–Trinajstić information content (AvgIpc) is 2.86. The monoisotopic (exact) mass is 496 g/mol. The first-order valence-corrected chi connectivity index (χ1v) is 13.0. The van der Waals surface area contributed by atoms with Gasteiger partial charge in [0.05, 0.1) is 0 Å². The van der Waals surface area contributed by atoms with E-state index in [2.05, 4.69) is 38.1 Å². The highest BCUT2D eigenvalue weighted by Gasteiger charge is 2.29. The molecule has 3 aromatic rings. The van der Waals surface area contributed by atoms with Crippen LogP contribution in [0.4, 0.5) is 10.2 Å². The SMILES string of the molecule is CC(C)[C@H](NS(=O)(=O)c1ccccc1F)C(=O)NCc1ccc(N2CCc3ccccc3C2)nc1. The number of amides is 1. The minimum atomic E-state index is -4.21. The van der Waals surface area contributed by atoms with Crippen LogP contribution in [0.25, 0.3) is 0 Å². The molecule has 0 saturated carbocycles. The van der Waals surface area contributed by atoms with Gasteiger partial charge in [0.25, 0.3) is 0 Å². The number of carbonyl (C=O) groups is 1. The van der Waals surface area contributed by atoms with Crippen molar-refractivity contribution in [3.8, 4) is 0 Å². The first kappa shape index (κ1) is 24.8. The molecule has 1 aromatic heterocycles. The van der Waals surface area contributed by atoms with Crippen molar-refractivity contribution in [2.75, 3.05) is 11.4 Å². The van der Waals surface area contributed by atoms with Crippen molar-refractivity contribution >= 4 is 21.7 Å². The molecule has 184 valence electrons. The molecular weight excluding hydrogens is 467 g/mol. The highest BCUT2D eigenvalue weighted by molar-refractivity contribution is 7.89. The van der Waals surface area contributed by atoms with Crippen molar-refractivity contribution in [1.82, 2.24) is 15.0 Å². The van der Waals surface area contributed by atoms with Gasteiger partial charge >= 0.3 is 0 Å². The van der Waals surface area contributed by atoms with E-state index < -0.39 is 32.7 Å². The largest absolute Gasteiger partial charge is 0.352 e. The molecule has 0 aliphatic carbocycles. The van der Waals surface area contributed by atoms with Gasteiger partial charge in [-0.15, -0.1) is 0 Å². The summed E-state index contributed by atoms with van der Waals surface area (Å²) in [7, 11) is -4.21. The molecule has 0 saturated heterocycles. The summed E-state index contributed by atoms with van der Waals surface area (Å²) in [6, 6.07) is 16.2. The van der Waals surface area contributed by atoms with Crippen molar-refractivity contribution in [3.05, 3.63) is 89.4 Å². The van der Waals surface area contributed by atoms with Crippen LogP contribution in [0, 0.1) is 11.7 Å². The van der Waals surface area contributed by atoms with Gasteiger partial charge in [-0.3, -0.25) is 4.79 Å². The van der Waals surface area contributed by atoms with Crippen molar-refractivity contribution in [2.45, 2.75) is 44.3 Å². The predicted molar refractivity (Wildman–Crippen MR) is 133 cm³/mol. The van der Waals surface area contributed by atoms with Crippen LogP contribution in [-0.2, 0) is 34.3 Å². The molecule has 0 radical (unpaired) electrons. The molecular formula is C26H29FN4O3S. The molecule has 1 aliphatic rings. The molecule has 2 aromatic carbocycles. The number of pyridine rings is 1. The number of nitrogens with zero attached hydrogens (tertiary/aromatic N) is 2. The van der Waals surface area contributed by atoms with Crippen molar-refractivity contribution < 1.29 is 17.6 Å². The molecule has 1 aliphatic heterocycles. The molecule has 0 bridgehead atoms. The van der Waals surface area contributed by atoms with Crippen LogP contribution < -0.4 is 14.9 Å². The maximum atomic E-state index is 14.0.